The fraction of sp³-hybridized carbons (Fsp3) is 0.0750. The van der Waals surface area contributed by atoms with Crippen molar-refractivity contribution in [2.45, 2.75) is 19.3 Å². The second kappa shape index (κ2) is 9.85. The van der Waals surface area contributed by atoms with Crippen LogP contribution in [0.25, 0.3) is 66.9 Å². The minimum atomic E-state index is -0.137. The lowest BCUT2D eigenvalue weighted by Gasteiger charge is -2.23. The molecule has 0 unspecified atom stereocenters. The van der Waals surface area contributed by atoms with Crippen LogP contribution in [0.1, 0.15) is 25.0 Å². The Morgan fingerprint density at radius 1 is 0.535 bits per heavy atom. The van der Waals surface area contributed by atoms with Crippen LogP contribution in [0.4, 0.5) is 0 Å². The summed E-state index contributed by atoms with van der Waals surface area (Å²) >= 11 is 0. The third kappa shape index (κ3) is 4.16. The van der Waals surface area contributed by atoms with Crippen molar-refractivity contribution in [1.29, 1.82) is 0 Å². The van der Waals surface area contributed by atoms with E-state index in [2.05, 4.69) is 122 Å². The molecule has 3 heteroatoms. The maximum atomic E-state index is 5.21. The Hall–Kier alpha value is -5.41. The van der Waals surface area contributed by atoms with Gasteiger partial charge in [-0.15, -0.1) is 0 Å². The predicted molar refractivity (Wildman–Crippen MR) is 177 cm³/mol. The van der Waals surface area contributed by atoms with Gasteiger partial charge < -0.3 is 0 Å². The van der Waals surface area contributed by atoms with Crippen molar-refractivity contribution < 1.29 is 0 Å². The Kier molecular flexibility index (Phi) is 5.80. The van der Waals surface area contributed by atoms with E-state index >= 15 is 0 Å². The minimum absolute atomic E-state index is 0.137. The van der Waals surface area contributed by atoms with E-state index in [0.717, 1.165) is 45.0 Å². The van der Waals surface area contributed by atoms with E-state index in [9.17, 15) is 0 Å². The van der Waals surface area contributed by atoms with Crippen LogP contribution in [0.2, 0.25) is 0 Å². The number of aromatic nitrogens is 3. The molecule has 1 aliphatic carbocycles. The van der Waals surface area contributed by atoms with Gasteiger partial charge in [-0.05, 0) is 56.3 Å². The normalized spacial score (nSPS) is 13.1. The maximum absolute atomic E-state index is 5.21. The smallest absolute Gasteiger partial charge is 0.160 e. The molecule has 0 aliphatic heterocycles. The number of fused-ring (bicyclic) bond motifs is 5. The molecule has 7 aromatic rings. The summed E-state index contributed by atoms with van der Waals surface area (Å²) in [5, 5.41) is 2.59. The summed E-state index contributed by atoms with van der Waals surface area (Å²) < 4.78 is 0. The first-order valence-corrected chi connectivity index (χ1v) is 14.7. The molecule has 0 atom stereocenters. The van der Waals surface area contributed by atoms with Gasteiger partial charge in [-0.3, -0.25) is 4.98 Å². The van der Waals surface area contributed by atoms with Gasteiger partial charge in [0.1, 0.15) is 0 Å². The van der Waals surface area contributed by atoms with Crippen molar-refractivity contribution >= 4 is 10.8 Å². The second-order valence-electron chi connectivity index (χ2n) is 11.7. The third-order valence-electron chi connectivity index (χ3n) is 8.77. The van der Waals surface area contributed by atoms with E-state index in [1.807, 2.05) is 30.5 Å². The molecule has 0 bridgehead atoms. The zero-order valence-electron chi connectivity index (χ0n) is 24.1. The van der Waals surface area contributed by atoms with Crippen LogP contribution < -0.4 is 0 Å². The summed E-state index contributed by atoms with van der Waals surface area (Å²) in [5.41, 5.74) is 12.4. The molecule has 0 saturated heterocycles. The number of hydrogen-bond donors (Lipinski definition) is 0. The average Bonchev–Trinajstić information content (AvgIpc) is 3.32. The van der Waals surface area contributed by atoms with Crippen LogP contribution in [0.5, 0.6) is 0 Å². The molecule has 0 saturated carbocycles. The van der Waals surface area contributed by atoms with Crippen molar-refractivity contribution in [3.63, 3.8) is 0 Å². The molecule has 5 aromatic carbocycles. The van der Waals surface area contributed by atoms with E-state index in [1.165, 1.54) is 33.0 Å². The summed E-state index contributed by atoms with van der Waals surface area (Å²) in [7, 11) is 0. The third-order valence-corrected chi connectivity index (χ3v) is 8.77. The SMILES string of the molecule is CC1(C)c2cccc(-c3cc(-c4ccc(-c5cccnc5)cc4)nc(-c4ccccc4)n3)c2-c2ccc3ccccc3c21. The quantitative estimate of drug-likeness (QED) is 0.218. The molecule has 2 aromatic heterocycles. The molecule has 0 radical (unpaired) electrons. The molecule has 1 aliphatic rings. The molecule has 2 heterocycles. The highest BCUT2D eigenvalue weighted by molar-refractivity contribution is 6.01. The van der Waals surface area contributed by atoms with Gasteiger partial charge in [0.2, 0.25) is 0 Å². The molecule has 0 amide bonds. The topological polar surface area (TPSA) is 38.7 Å². The van der Waals surface area contributed by atoms with Crippen molar-refractivity contribution in [2.24, 2.45) is 0 Å². The first-order chi connectivity index (χ1) is 21.1. The Balaban J connectivity index is 1.33. The summed E-state index contributed by atoms with van der Waals surface area (Å²) in [4.78, 5) is 14.6. The fourth-order valence-electron chi connectivity index (χ4n) is 6.68. The summed E-state index contributed by atoms with van der Waals surface area (Å²) in [5.74, 6) is 0.720. The van der Waals surface area contributed by atoms with E-state index < -0.39 is 0 Å². The Morgan fingerprint density at radius 3 is 2.09 bits per heavy atom. The van der Waals surface area contributed by atoms with Crippen LogP contribution >= 0.6 is 0 Å². The van der Waals surface area contributed by atoms with E-state index in [1.54, 1.807) is 6.20 Å². The number of nitrogens with zero attached hydrogens (tertiary/aromatic N) is 3. The van der Waals surface area contributed by atoms with Crippen molar-refractivity contribution in [3.8, 4) is 56.2 Å². The Labute approximate surface area is 251 Å². The zero-order chi connectivity index (χ0) is 29.0. The van der Waals surface area contributed by atoms with Gasteiger partial charge in [0.05, 0.1) is 11.4 Å². The standard InChI is InChI=1S/C40H29N3/c1-40(2)34-16-8-15-32(37(34)33-22-21-27-10-6-7-14-31(27)38(33)40)36-24-35(42-39(43-36)29-11-4-3-5-12-29)28-19-17-26(18-20-28)30-13-9-23-41-25-30/h3-25H,1-2H3. The Morgan fingerprint density at radius 2 is 1.28 bits per heavy atom. The minimum Gasteiger partial charge on any atom is -0.264 e. The second-order valence-corrected chi connectivity index (χ2v) is 11.7. The molecule has 0 fully saturated rings. The average molecular weight is 552 g/mol. The molecule has 43 heavy (non-hydrogen) atoms. The molecule has 0 spiro atoms. The fourth-order valence-corrected chi connectivity index (χ4v) is 6.68. The lowest BCUT2D eigenvalue weighted by Crippen LogP contribution is -2.15. The van der Waals surface area contributed by atoms with Gasteiger partial charge in [-0.25, -0.2) is 9.97 Å². The number of benzene rings is 5. The number of pyridine rings is 1. The first-order valence-electron chi connectivity index (χ1n) is 14.7. The largest absolute Gasteiger partial charge is 0.264 e. The molecular weight excluding hydrogens is 522 g/mol. The summed E-state index contributed by atoms with van der Waals surface area (Å²) in [6.07, 6.45) is 3.69. The predicted octanol–water partition coefficient (Wildman–Crippen LogP) is 10.00. The van der Waals surface area contributed by atoms with Gasteiger partial charge >= 0.3 is 0 Å². The Bertz CT molecular complexity index is 2130. The van der Waals surface area contributed by atoms with Crippen LogP contribution in [0.3, 0.4) is 0 Å². The van der Waals surface area contributed by atoms with Crippen LogP contribution in [-0.2, 0) is 5.41 Å². The summed E-state index contributed by atoms with van der Waals surface area (Å²) in [6, 6.07) is 45.0. The van der Waals surface area contributed by atoms with Gasteiger partial charge in [0, 0.05) is 34.5 Å². The summed E-state index contributed by atoms with van der Waals surface area (Å²) in [6.45, 7) is 4.69. The van der Waals surface area contributed by atoms with Crippen molar-refractivity contribution in [3.05, 3.63) is 151 Å². The van der Waals surface area contributed by atoms with Gasteiger partial charge in [0.15, 0.2) is 5.82 Å². The highest BCUT2D eigenvalue weighted by atomic mass is 14.9. The highest BCUT2D eigenvalue weighted by Crippen LogP contribution is 2.54. The van der Waals surface area contributed by atoms with Crippen LogP contribution in [-0.4, -0.2) is 15.0 Å². The lowest BCUT2D eigenvalue weighted by atomic mass is 9.80. The van der Waals surface area contributed by atoms with Gasteiger partial charge in [-0.1, -0.05) is 129 Å². The first kappa shape index (κ1) is 25.3. The van der Waals surface area contributed by atoms with Crippen molar-refractivity contribution in [1.82, 2.24) is 15.0 Å². The van der Waals surface area contributed by atoms with Crippen LogP contribution in [0, 0.1) is 0 Å². The maximum Gasteiger partial charge on any atom is 0.160 e. The van der Waals surface area contributed by atoms with Crippen molar-refractivity contribution in [2.75, 3.05) is 0 Å². The molecular formula is C40H29N3. The number of rotatable bonds is 4. The molecule has 3 nitrogen and oxygen atoms in total. The van der Waals surface area contributed by atoms with E-state index in [0.29, 0.717) is 0 Å². The van der Waals surface area contributed by atoms with Gasteiger partial charge in [-0.2, -0.15) is 0 Å². The monoisotopic (exact) mass is 551 g/mol. The van der Waals surface area contributed by atoms with E-state index in [-0.39, 0.29) is 5.41 Å². The zero-order valence-corrected chi connectivity index (χ0v) is 24.1. The molecule has 204 valence electrons. The van der Waals surface area contributed by atoms with Gasteiger partial charge in [0.25, 0.3) is 0 Å². The number of hydrogen-bond acceptors (Lipinski definition) is 3. The van der Waals surface area contributed by atoms with Crippen LogP contribution in [0.15, 0.2) is 140 Å². The lowest BCUT2D eigenvalue weighted by molar-refractivity contribution is 0.666. The van der Waals surface area contributed by atoms with E-state index in [4.69, 9.17) is 9.97 Å². The highest BCUT2D eigenvalue weighted by Gasteiger charge is 2.38. The molecule has 8 rings (SSSR count). The molecule has 0 N–H and O–H groups in total.